The number of halogens is 1. The van der Waals surface area contributed by atoms with Crippen molar-refractivity contribution >= 4 is 11.6 Å². The van der Waals surface area contributed by atoms with Gasteiger partial charge in [0, 0.05) is 31.2 Å². The van der Waals surface area contributed by atoms with Gasteiger partial charge in [0.1, 0.15) is 0 Å². The second kappa shape index (κ2) is 9.41. The lowest BCUT2D eigenvalue weighted by atomic mass is 9.93. The van der Waals surface area contributed by atoms with Crippen LogP contribution in [0.2, 0.25) is 0 Å². The minimum Gasteiger partial charge on any atom is -0.297 e. The van der Waals surface area contributed by atoms with Crippen molar-refractivity contribution in [1.82, 2.24) is 9.80 Å². The van der Waals surface area contributed by atoms with Crippen molar-refractivity contribution in [3.05, 3.63) is 118 Å². The molecular formula is C26H27ClN2. The topological polar surface area (TPSA) is 6.48 Å². The number of hydrogen-bond donors (Lipinski definition) is 0. The third-order valence-corrected chi connectivity index (χ3v) is 5.86. The van der Waals surface area contributed by atoms with Crippen LogP contribution in [0.4, 0.5) is 0 Å². The van der Waals surface area contributed by atoms with Gasteiger partial charge in [-0.15, -0.1) is 0 Å². The summed E-state index contributed by atoms with van der Waals surface area (Å²) in [5.41, 5.74) is 5.32. The Kier molecular flexibility index (Phi) is 6.46. The molecule has 3 aromatic rings. The van der Waals surface area contributed by atoms with Gasteiger partial charge >= 0.3 is 0 Å². The number of benzene rings is 3. The van der Waals surface area contributed by atoms with Crippen LogP contribution in [0.1, 0.15) is 22.7 Å². The molecule has 0 saturated carbocycles. The predicted octanol–water partition coefficient (Wildman–Crippen LogP) is 5.72. The molecule has 0 bridgehead atoms. The molecule has 148 valence electrons. The van der Waals surface area contributed by atoms with E-state index in [0.717, 1.165) is 31.2 Å². The monoisotopic (exact) mass is 402 g/mol. The van der Waals surface area contributed by atoms with Gasteiger partial charge < -0.3 is 0 Å². The van der Waals surface area contributed by atoms with Crippen LogP contribution in [0, 0.1) is 0 Å². The molecule has 2 nitrogen and oxygen atoms in total. The third kappa shape index (κ3) is 4.97. The van der Waals surface area contributed by atoms with Crippen molar-refractivity contribution in [3.63, 3.8) is 0 Å². The summed E-state index contributed by atoms with van der Waals surface area (Å²) in [4.78, 5) is 4.78. The van der Waals surface area contributed by atoms with E-state index in [-0.39, 0.29) is 6.04 Å². The Labute approximate surface area is 179 Å². The lowest BCUT2D eigenvalue weighted by molar-refractivity contribution is 0.199. The molecule has 0 atom stereocenters. The first-order chi connectivity index (χ1) is 14.2. The van der Waals surface area contributed by atoms with E-state index in [2.05, 4.69) is 108 Å². The lowest BCUT2D eigenvalue weighted by Gasteiger charge is -2.42. The fraction of sp³-hybridized carbons (Fsp3) is 0.231. The fourth-order valence-electron chi connectivity index (χ4n) is 3.98. The van der Waals surface area contributed by atoms with Crippen LogP contribution in [-0.4, -0.2) is 36.5 Å². The SMILES string of the molecule is CN(CC(Cl)=C1CN(C(c2ccccc2)c2ccccc2)C1)Cc1ccccc1. The smallest absolute Gasteiger partial charge is 0.0607 e. The molecule has 1 saturated heterocycles. The Morgan fingerprint density at radius 3 is 1.83 bits per heavy atom. The van der Waals surface area contributed by atoms with Crippen LogP contribution in [0.25, 0.3) is 0 Å². The van der Waals surface area contributed by atoms with Crippen molar-refractivity contribution in [2.45, 2.75) is 12.6 Å². The summed E-state index contributed by atoms with van der Waals surface area (Å²) in [6.07, 6.45) is 0. The maximum absolute atomic E-state index is 6.72. The first kappa shape index (κ1) is 19.9. The van der Waals surface area contributed by atoms with E-state index in [1.807, 2.05) is 0 Å². The number of likely N-dealkylation sites (N-methyl/N-ethyl adjacent to an activating group) is 1. The van der Waals surface area contributed by atoms with Gasteiger partial charge in [0.15, 0.2) is 0 Å². The van der Waals surface area contributed by atoms with E-state index < -0.39 is 0 Å². The minimum atomic E-state index is 0.271. The molecule has 0 radical (unpaired) electrons. The van der Waals surface area contributed by atoms with Crippen molar-refractivity contribution in [2.24, 2.45) is 0 Å². The summed E-state index contributed by atoms with van der Waals surface area (Å²) >= 11 is 6.72. The Morgan fingerprint density at radius 1 is 0.828 bits per heavy atom. The summed E-state index contributed by atoms with van der Waals surface area (Å²) in [6, 6.07) is 32.3. The summed E-state index contributed by atoms with van der Waals surface area (Å²) in [5, 5.41) is 0.986. The first-order valence-electron chi connectivity index (χ1n) is 10.1. The molecule has 1 fully saturated rings. The molecular weight excluding hydrogens is 376 g/mol. The van der Waals surface area contributed by atoms with E-state index in [0.29, 0.717) is 0 Å². The molecule has 0 N–H and O–H groups in total. The number of nitrogens with zero attached hydrogens (tertiary/aromatic N) is 2. The van der Waals surface area contributed by atoms with Crippen LogP contribution < -0.4 is 0 Å². The molecule has 3 aromatic carbocycles. The highest BCUT2D eigenvalue weighted by Gasteiger charge is 2.31. The average molecular weight is 403 g/mol. The predicted molar refractivity (Wildman–Crippen MR) is 122 cm³/mol. The highest BCUT2D eigenvalue weighted by molar-refractivity contribution is 6.30. The van der Waals surface area contributed by atoms with E-state index in [4.69, 9.17) is 11.6 Å². The van der Waals surface area contributed by atoms with Crippen molar-refractivity contribution in [2.75, 3.05) is 26.7 Å². The fourth-order valence-corrected chi connectivity index (χ4v) is 4.31. The van der Waals surface area contributed by atoms with E-state index >= 15 is 0 Å². The van der Waals surface area contributed by atoms with Crippen molar-refractivity contribution in [1.29, 1.82) is 0 Å². The zero-order valence-electron chi connectivity index (χ0n) is 16.8. The lowest BCUT2D eigenvalue weighted by Crippen LogP contribution is -2.44. The molecule has 3 heteroatoms. The minimum absolute atomic E-state index is 0.271. The standard InChI is InChI=1S/C26H27ClN2/c1-28(17-21-11-5-2-6-12-21)20-25(27)24-18-29(19-24)26(22-13-7-3-8-14-22)23-15-9-4-10-16-23/h2-16,26H,17-20H2,1H3. The molecule has 1 aliphatic rings. The molecule has 1 heterocycles. The van der Waals surface area contributed by atoms with Crippen molar-refractivity contribution in [3.8, 4) is 0 Å². The highest BCUT2D eigenvalue weighted by atomic mass is 35.5. The van der Waals surface area contributed by atoms with Crippen LogP contribution in [0.5, 0.6) is 0 Å². The number of likely N-dealkylation sites (tertiary alicyclic amines) is 1. The normalized spacial score (nSPS) is 14.3. The molecule has 0 unspecified atom stereocenters. The van der Waals surface area contributed by atoms with Crippen LogP contribution in [0.15, 0.2) is 102 Å². The molecule has 0 aromatic heterocycles. The summed E-state index contributed by atoms with van der Waals surface area (Å²) in [7, 11) is 2.13. The van der Waals surface area contributed by atoms with E-state index in [1.165, 1.54) is 22.3 Å². The Balaban J connectivity index is 1.43. The maximum atomic E-state index is 6.72. The highest BCUT2D eigenvalue weighted by Crippen LogP contribution is 2.35. The Bertz CT molecular complexity index is 891. The Hall–Kier alpha value is -2.39. The van der Waals surface area contributed by atoms with Gasteiger partial charge in [-0.2, -0.15) is 0 Å². The average Bonchev–Trinajstić information content (AvgIpc) is 2.72. The molecule has 0 amide bonds. The Morgan fingerprint density at radius 2 is 1.31 bits per heavy atom. The van der Waals surface area contributed by atoms with Gasteiger partial charge in [0.2, 0.25) is 0 Å². The van der Waals surface area contributed by atoms with Gasteiger partial charge in [-0.25, -0.2) is 0 Å². The quantitative estimate of drug-likeness (QED) is 0.499. The summed E-state index contributed by atoms with van der Waals surface area (Å²) in [5.74, 6) is 0. The second-order valence-corrected chi connectivity index (χ2v) is 8.25. The number of hydrogen-bond acceptors (Lipinski definition) is 2. The zero-order chi connectivity index (χ0) is 20.1. The second-order valence-electron chi connectivity index (χ2n) is 7.80. The maximum Gasteiger partial charge on any atom is 0.0607 e. The number of rotatable bonds is 7. The van der Waals surface area contributed by atoms with Crippen LogP contribution >= 0.6 is 11.6 Å². The van der Waals surface area contributed by atoms with Crippen LogP contribution in [0.3, 0.4) is 0 Å². The van der Waals surface area contributed by atoms with Gasteiger partial charge in [0.25, 0.3) is 0 Å². The molecule has 29 heavy (non-hydrogen) atoms. The third-order valence-electron chi connectivity index (χ3n) is 5.47. The van der Waals surface area contributed by atoms with Gasteiger partial charge in [-0.3, -0.25) is 9.80 Å². The van der Waals surface area contributed by atoms with E-state index in [9.17, 15) is 0 Å². The van der Waals surface area contributed by atoms with Gasteiger partial charge in [0.05, 0.1) is 6.04 Å². The van der Waals surface area contributed by atoms with Crippen molar-refractivity contribution < 1.29 is 0 Å². The van der Waals surface area contributed by atoms with Gasteiger partial charge in [-0.05, 0) is 29.3 Å². The first-order valence-corrected chi connectivity index (χ1v) is 10.5. The zero-order valence-corrected chi connectivity index (χ0v) is 17.6. The van der Waals surface area contributed by atoms with Crippen LogP contribution in [-0.2, 0) is 6.54 Å². The summed E-state index contributed by atoms with van der Waals surface area (Å²) < 4.78 is 0. The molecule has 4 rings (SSSR count). The molecule has 0 aliphatic carbocycles. The summed E-state index contributed by atoms with van der Waals surface area (Å²) in [6.45, 7) is 3.55. The molecule has 0 spiro atoms. The van der Waals surface area contributed by atoms with E-state index in [1.54, 1.807) is 0 Å². The molecule has 1 aliphatic heterocycles. The van der Waals surface area contributed by atoms with Gasteiger partial charge in [-0.1, -0.05) is 103 Å². The largest absolute Gasteiger partial charge is 0.297 e.